The van der Waals surface area contributed by atoms with Crippen LogP contribution in [0.15, 0.2) is 47.7 Å². The van der Waals surface area contributed by atoms with Crippen LogP contribution in [0.4, 0.5) is 0 Å². The summed E-state index contributed by atoms with van der Waals surface area (Å²) in [6.07, 6.45) is 10.4. The molecule has 2 aromatic rings. The number of aromatic nitrogens is 2. The average Bonchev–Trinajstić information content (AvgIpc) is 3.28. The molecule has 7 nitrogen and oxygen atoms in total. The number of aliphatic imine (C=N–C) groups is 1. The maximum atomic E-state index is 5.61. The summed E-state index contributed by atoms with van der Waals surface area (Å²) in [5.41, 5.74) is 1.49. The summed E-state index contributed by atoms with van der Waals surface area (Å²) in [5, 5.41) is 7.10. The maximum Gasteiger partial charge on any atom is 0.191 e. The number of ether oxygens (including phenoxy) is 1. The smallest absolute Gasteiger partial charge is 0.191 e. The highest BCUT2D eigenvalue weighted by Gasteiger charge is 2.38. The third-order valence-corrected chi connectivity index (χ3v) is 6.69. The van der Waals surface area contributed by atoms with E-state index in [0.717, 1.165) is 51.2 Å². The summed E-state index contributed by atoms with van der Waals surface area (Å²) in [6, 6.07) is 10.5. The van der Waals surface area contributed by atoms with E-state index in [0.29, 0.717) is 6.54 Å². The van der Waals surface area contributed by atoms with Crippen molar-refractivity contribution in [2.24, 2.45) is 4.99 Å². The van der Waals surface area contributed by atoms with Gasteiger partial charge in [-0.05, 0) is 18.4 Å². The minimum Gasteiger partial charge on any atom is -0.379 e. The van der Waals surface area contributed by atoms with E-state index in [2.05, 4.69) is 54.3 Å². The second-order valence-electron chi connectivity index (χ2n) is 8.62. The number of hydrogen-bond acceptors (Lipinski definition) is 4. The van der Waals surface area contributed by atoms with Crippen molar-refractivity contribution in [3.05, 3.63) is 54.1 Å². The predicted molar refractivity (Wildman–Crippen MR) is 124 cm³/mol. The van der Waals surface area contributed by atoms with Crippen LogP contribution in [0.1, 0.15) is 43.5 Å². The Labute approximate surface area is 185 Å². The Morgan fingerprint density at radius 1 is 1.10 bits per heavy atom. The topological polar surface area (TPSA) is 66.7 Å². The molecule has 0 amide bonds. The molecule has 7 heteroatoms. The molecular weight excluding hydrogens is 388 g/mol. The molecule has 0 bridgehead atoms. The van der Waals surface area contributed by atoms with Crippen molar-refractivity contribution in [2.75, 3.05) is 39.9 Å². The molecule has 0 radical (unpaired) electrons. The van der Waals surface area contributed by atoms with Gasteiger partial charge in [-0.25, -0.2) is 4.98 Å². The largest absolute Gasteiger partial charge is 0.379 e. The van der Waals surface area contributed by atoms with Crippen LogP contribution in [0.2, 0.25) is 0 Å². The van der Waals surface area contributed by atoms with E-state index in [1.807, 2.05) is 25.5 Å². The SMILES string of the molecule is CN=C(NCc1nccn1Cc1ccccc1)NCC1(N2CCOCC2)CCCCC1. The van der Waals surface area contributed by atoms with Gasteiger partial charge in [0.05, 0.1) is 19.8 Å². The Morgan fingerprint density at radius 3 is 2.61 bits per heavy atom. The van der Waals surface area contributed by atoms with E-state index in [1.54, 1.807) is 0 Å². The van der Waals surface area contributed by atoms with Crippen LogP contribution in [0.3, 0.4) is 0 Å². The third kappa shape index (κ3) is 5.66. The van der Waals surface area contributed by atoms with Gasteiger partial charge >= 0.3 is 0 Å². The molecule has 1 aromatic heterocycles. The molecular formula is C24H36N6O. The number of rotatable bonds is 7. The van der Waals surface area contributed by atoms with E-state index in [1.165, 1.54) is 37.7 Å². The second-order valence-corrected chi connectivity index (χ2v) is 8.62. The number of hydrogen-bond donors (Lipinski definition) is 2. The quantitative estimate of drug-likeness (QED) is 0.528. The monoisotopic (exact) mass is 424 g/mol. The van der Waals surface area contributed by atoms with Crippen LogP contribution in [-0.2, 0) is 17.8 Å². The number of nitrogens with zero attached hydrogens (tertiary/aromatic N) is 4. The lowest BCUT2D eigenvalue weighted by molar-refractivity contribution is -0.0352. The number of nitrogens with one attached hydrogen (secondary N) is 2. The lowest BCUT2D eigenvalue weighted by atomic mass is 9.80. The van der Waals surface area contributed by atoms with E-state index >= 15 is 0 Å². The first-order chi connectivity index (χ1) is 15.3. The Bertz CT molecular complexity index is 822. The van der Waals surface area contributed by atoms with Crippen molar-refractivity contribution in [3.8, 4) is 0 Å². The standard InChI is InChI=1S/C24H36N6O/c1-25-23(27-18-22-26-12-13-29(22)19-21-8-4-2-5-9-21)28-20-24(10-6-3-7-11-24)30-14-16-31-17-15-30/h2,4-5,8-9,12-13H,3,6-7,10-11,14-20H2,1H3,(H2,25,27,28). The van der Waals surface area contributed by atoms with Crippen molar-refractivity contribution in [1.29, 1.82) is 0 Å². The fourth-order valence-corrected chi connectivity index (χ4v) is 4.92. The third-order valence-electron chi connectivity index (χ3n) is 6.69. The molecule has 168 valence electrons. The van der Waals surface area contributed by atoms with Crippen LogP contribution in [0.5, 0.6) is 0 Å². The van der Waals surface area contributed by atoms with Crippen LogP contribution in [0, 0.1) is 0 Å². The average molecular weight is 425 g/mol. The second kappa shape index (κ2) is 10.8. The maximum absolute atomic E-state index is 5.61. The lowest BCUT2D eigenvalue weighted by Gasteiger charge is -2.48. The molecule has 1 aliphatic heterocycles. The van der Waals surface area contributed by atoms with Crippen LogP contribution in [-0.4, -0.2) is 65.8 Å². The van der Waals surface area contributed by atoms with Crippen molar-refractivity contribution in [3.63, 3.8) is 0 Å². The van der Waals surface area contributed by atoms with Gasteiger partial charge in [0, 0.05) is 51.2 Å². The zero-order valence-corrected chi connectivity index (χ0v) is 18.7. The molecule has 2 fully saturated rings. The van der Waals surface area contributed by atoms with E-state index < -0.39 is 0 Å². The summed E-state index contributed by atoms with van der Waals surface area (Å²) >= 11 is 0. The Balaban J connectivity index is 1.34. The predicted octanol–water partition coefficient (Wildman–Crippen LogP) is 2.63. The molecule has 2 heterocycles. The molecule has 1 aromatic carbocycles. The summed E-state index contributed by atoms with van der Waals surface area (Å²) in [4.78, 5) is 11.7. The first kappa shape index (κ1) is 21.8. The first-order valence-corrected chi connectivity index (χ1v) is 11.6. The molecule has 1 saturated carbocycles. The van der Waals surface area contributed by atoms with Crippen molar-refractivity contribution < 1.29 is 4.74 Å². The van der Waals surface area contributed by atoms with Crippen molar-refractivity contribution in [1.82, 2.24) is 25.1 Å². The molecule has 0 atom stereocenters. The summed E-state index contributed by atoms with van der Waals surface area (Å²) in [6.45, 7) is 6.14. The molecule has 0 unspecified atom stereocenters. The minimum atomic E-state index is 0.214. The van der Waals surface area contributed by atoms with Gasteiger partial charge in [0.1, 0.15) is 5.82 Å². The molecule has 4 rings (SSSR count). The fourth-order valence-electron chi connectivity index (χ4n) is 4.92. The van der Waals surface area contributed by atoms with Crippen LogP contribution >= 0.6 is 0 Å². The van der Waals surface area contributed by atoms with E-state index in [4.69, 9.17) is 4.74 Å². The van der Waals surface area contributed by atoms with Gasteiger partial charge in [0.25, 0.3) is 0 Å². The summed E-state index contributed by atoms with van der Waals surface area (Å²) in [7, 11) is 1.84. The molecule has 2 aliphatic rings. The van der Waals surface area contributed by atoms with E-state index in [9.17, 15) is 0 Å². The van der Waals surface area contributed by atoms with Crippen LogP contribution < -0.4 is 10.6 Å². The van der Waals surface area contributed by atoms with Crippen molar-refractivity contribution >= 4 is 5.96 Å². The number of morpholine rings is 1. The number of imidazole rings is 1. The summed E-state index contributed by atoms with van der Waals surface area (Å²) < 4.78 is 7.80. The highest BCUT2D eigenvalue weighted by atomic mass is 16.5. The first-order valence-electron chi connectivity index (χ1n) is 11.6. The molecule has 2 N–H and O–H groups in total. The highest BCUT2D eigenvalue weighted by molar-refractivity contribution is 5.79. The number of benzene rings is 1. The molecule has 31 heavy (non-hydrogen) atoms. The van der Waals surface area contributed by atoms with E-state index in [-0.39, 0.29) is 5.54 Å². The van der Waals surface area contributed by atoms with Crippen molar-refractivity contribution in [2.45, 2.75) is 50.7 Å². The Hall–Kier alpha value is -2.38. The number of guanidine groups is 1. The molecule has 0 spiro atoms. The molecule has 1 saturated heterocycles. The minimum absolute atomic E-state index is 0.214. The zero-order valence-electron chi connectivity index (χ0n) is 18.7. The van der Waals surface area contributed by atoms with Gasteiger partial charge < -0.3 is 19.9 Å². The van der Waals surface area contributed by atoms with Gasteiger partial charge in [-0.15, -0.1) is 0 Å². The normalized spacial score (nSPS) is 19.8. The Kier molecular flexibility index (Phi) is 7.59. The molecule has 1 aliphatic carbocycles. The Morgan fingerprint density at radius 2 is 1.87 bits per heavy atom. The van der Waals surface area contributed by atoms with Gasteiger partial charge in [-0.2, -0.15) is 0 Å². The fraction of sp³-hybridized carbons (Fsp3) is 0.583. The van der Waals surface area contributed by atoms with Gasteiger partial charge in [0.15, 0.2) is 5.96 Å². The van der Waals surface area contributed by atoms with Gasteiger partial charge in [0.2, 0.25) is 0 Å². The van der Waals surface area contributed by atoms with Gasteiger partial charge in [-0.1, -0.05) is 49.6 Å². The van der Waals surface area contributed by atoms with Gasteiger partial charge in [-0.3, -0.25) is 9.89 Å². The summed E-state index contributed by atoms with van der Waals surface area (Å²) in [5.74, 6) is 1.85. The van der Waals surface area contributed by atoms with Crippen LogP contribution in [0.25, 0.3) is 0 Å². The lowest BCUT2D eigenvalue weighted by Crippen LogP contribution is -2.60. The highest BCUT2D eigenvalue weighted by Crippen LogP contribution is 2.33. The zero-order chi connectivity index (χ0) is 21.4.